The number of hydrogen-bond acceptors (Lipinski definition) is 4. The molecule has 6 heteroatoms. The van der Waals surface area contributed by atoms with Crippen molar-refractivity contribution in [1.29, 1.82) is 0 Å². The van der Waals surface area contributed by atoms with Crippen LogP contribution in [0.5, 0.6) is 11.5 Å². The number of halogens is 2. The number of rotatable bonds is 3. The first-order valence-corrected chi connectivity index (χ1v) is 6.04. The van der Waals surface area contributed by atoms with E-state index in [2.05, 4.69) is 17.1 Å². The summed E-state index contributed by atoms with van der Waals surface area (Å²) in [6.07, 6.45) is 0. The molecule has 0 unspecified atom stereocenters. The molecule has 1 aliphatic heterocycles. The van der Waals surface area contributed by atoms with Gasteiger partial charge in [-0.25, -0.2) is 0 Å². The van der Waals surface area contributed by atoms with Crippen LogP contribution in [0.2, 0.25) is 0 Å². The van der Waals surface area contributed by atoms with Crippen LogP contribution in [-0.4, -0.2) is 43.3 Å². The third-order valence-corrected chi connectivity index (χ3v) is 3.38. The van der Waals surface area contributed by atoms with Crippen molar-refractivity contribution < 1.29 is 9.84 Å². The number of nitrogens with zero attached hydrogens (tertiary/aromatic N) is 1. The normalized spacial score (nSPS) is 16.9. The molecule has 0 aliphatic carbocycles. The molecular weight excluding hydrogens is 287 g/mol. The molecular formula is C13H22Cl2N2O2. The fourth-order valence-corrected chi connectivity index (χ4v) is 2.26. The van der Waals surface area contributed by atoms with E-state index >= 15 is 0 Å². The van der Waals surface area contributed by atoms with Gasteiger partial charge in [-0.1, -0.05) is 0 Å². The van der Waals surface area contributed by atoms with Gasteiger partial charge < -0.3 is 15.2 Å². The van der Waals surface area contributed by atoms with Crippen LogP contribution in [0.15, 0.2) is 18.2 Å². The van der Waals surface area contributed by atoms with Gasteiger partial charge in [-0.3, -0.25) is 4.90 Å². The summed E-state index contributed by atoms with van der Waals surface area (Å²) in [5.74, 6) is 1.14. The Labute approximate surface area is 127 Å². The van der Waals surface area contributed by atoms with Crippen LogP contribution in [0, 0.1) is 0 Å². The molecule has 19 heavy (non-hydrogen) atoms. The topological polar surface area (TPSA) is 44.7 Å². The number of phenolic OH excluding ortho intramolecular Hbond substituents is 1. The van der Waals surface area contributed by atoms with E-state index in [1.165, 1.54) is 0 Å². The SMILES string of the molecule is COc1ccc(O)c([C@@H](C)N2CCNCC2)c1.Cl.Cl. The maximum Gasteiger partial charge on any atom is 0.120 e. The van der Waals surface area contributed by atoms with E-state index in [0.29, 0.717) is 5.75 Å². The lowest BCUT2D eigenvalue weighted by atomic mass is 10.0. The van der Waals surface area contributed by atoms with Gasteiger partial charge in [-0.05, 0) is 25.1 Å². The van der Waals surface area contributed by atoms with Gasteiger partial charge in [0.05, 0.1) is 7.11 Å². The number of aromatic hydroxyl groups is 1. The van der Waals surface area contributed by atoms with Gasteiger partial charge in [0.25, 0.3) is 0 Å². The van der Waals surface area contributed by atoms with Gasteiger partial charge in [0, 0.05) is 37.8 Å². The predicted octanol–water partition coefficient (Wildman–Crippen LogP) is 2.21. The number of hydrogen-bond donors (Lipinski definition) is 2. The zero-order chi connectivity index (χ0) is 12.3. The summed E-state index contributed by atoms with van der Waals surface area (Å²) in [6.45, 7) is 6.17. The second-order valence-electron chi connectivity index (χ2n) is 4.39. The van der Waals surface area contributed by atoms with E-state index in [0.717, 1.165) is 37.5 Å². The fourth-order valence-electron chi connectivity index (χ4n) is 2.26. The van der Waals surface area contributed by atoms with Crippen LogP contribution in [0.1, 0.15) is 18.5 Å². The van der Waals surface area contributed by atoms with Gasteiger partial charge in [0.1, 0.15) is 11.5 Å². The standard InChI is InChI=1S/C13H20N2O2.2ClH/c1-10(15-7-5-14-6-8-15)12-9-11(17-2)3-4-13(12)16;;/h3-4,9-10,14,16H,5-8H2,1-2H3;2*1H/t10-;;/m1../s1. The molecule has 110 valence electrons. The van der Waals surface area contributed by atoms with Gasteiger partial charge in [0.2, 0.25) is 0 Å². The Balaban J connectivity index is 0.00000162. The molecule has 1 aromatic carbocycles. The number of phenols is 1. The van der Waals surface area contributed by atoms with E-state index in [1.807, 2.05) is 6.07 Å². The van der Waals surface area contributed by atoms with Crippen LogP contribution in [0.25, 0.3) is 0 Å². The Morgan fingerprint density at radius 2 is 1.89 bits per heavy atom. The Morgan fingerprint density at radius 3 is 2.47 bits per heavy atom. The smallest absolute Gasteiger partial charge is 0.120 e. The Morgan fingerprint density at radius 1 is 1.26 bits per heavy atom. The summed E-state index contributed by atoms with van der Waals surface area (Å²) in [4.78, 5) is 2.37. The lowest BCUT2D eigenvalue weighted by molar-refractivity contribution is 0.182. The summed E-state index contributed by atoms with van der Waals surface area (Å²) >= 11 is 0. The molecule has 0 radical (unpaired) electrons. The number of ether oxygens (including phenoxy) is 1. The van der Waals surface area contributed by atoms with Crippen molar-refractivity contribution in [3.8, 4) is 11.5 Å². The van der Waals surface area contributed by atoms with E-state index in [4.69, 9.17) is 4.74 Å². The van der Waals surface area contributed by atoms with Gasteiger partial charge >= 0.3 is 0 Å². The molecule has 0 aromatic heterocycles. The highest BCUT2D eigenvalue weighted by Gasteiger charge is 2.20. The van der Waals surface area contributed by atoms with Crippen LogP contribution in [0.4, 0.5) is 0 Å². The minimum Gasteiger partial charge on any atom is -0.508 e. The highest BCUT2D eigenvalue weighted by atomic mass is 35.5. The molecule has 4 nitrogen and oxygen atoms in total. The Kier molecular flexibility index (Phi) is 8.18. The number of benzene rings is 1. The maximum atomic E-state index is 9.93. The minimum absolute atomic E-state index is 0. The second kappa shape index (κ2) is 8.48. The molecule has 0 bridgehead atoms. The van der Waals surface area contributed by atoms with Gasteiger partial charge in [-0.15, -0.1) is 24.8 Å². The van der Waals surface area contributed by atoms with Crippen molar-refractivity contribution in [2.24, 2.45) is 0 Å². The molecule has 2 N–H and O–H groups in total. The molecule has 0 spiro atoms. The largest absolute Gasteiger partial charge is 0.508 e. The lowest BCUT2D eigenvalue weighted by Crippen LogP contribution is -2.44. The molecule has 2 rings (SSSR count). The molecule has 1 aliphatic rings. The molecule has 1 atom stereocenters. The second-order valence-corrected chi connectivity index (χ2v) is 4.39. The van der Waals surface area contributed by atoms with Crippen molar-refractivity contribution in [2.75, 3.05) is 33.3 Å². The third-order valence-electron chi connectivity index (χ3n) is 3.38. The van der Waals surface area contributed by atoms with Gasteiger partial charge in [-0.2, -0.15) is 0 Å². The van der Waals surface area contributed by atoms with Gasteiger partial charge in [0.15, 0.2) is 0 Å². The summed E-state index contributed by atoms with van der Waals surface area (Å²) in [7, 11) is 1.64. The van der Waals surface area contributed by atoms with Crippen LogP contribution in [-0.2, 0) is 0 Å². The van der Waals surface area contributed by atoms with Crippen LogP contribution in [0.3, 0.4) is 0 Å². The van der Waals surface area contributed by atoms with Crippen LogP contribution >= 0.6 is 24.8 Å². The highest BCUT2D eigenvalue weighted by Crippen LogP contribution is 2.31. The number of nitrogens with one attached hydrogen (secondary N) is 1. The van der Waals surface area contributed by atoms with Crippen molar-refractivity contribution in [3.05, 3.63) is 23.8 Å². The van der Waals surface area contributed by atoms with E-state index in [9.17, 15) is 5.11 Å². The number of piperazine rings is 1. The fraction of sp³-hybridized carbons (Fsp3) is 0.538. The molecule has 1 aromatic rings. The Bertz CT molecular complexity index is 385. The average molecular weight is 309 g/mol. The average Bonchev–Trinajstić information content (AvgIpc) is 2.39. The summed E-state index contributed by atoms with van der Waals surface area (Å²) in [5, 5.41) is 13.3. The van der Waals surface area contributed by atoms with Crippen LogP contribution < -0.4 is 10.1 Å². The van der Waals surface area contributed by atoms with E-state index in [1.54, 1.807) is 19.2 Å². The lowest BCUT2D eigenvalue weighted by Gasteiger charge is -2.33. The predicted molar refractivity (Wildman–Crippen MR) is 82.0 cm³/mol. The summed E-state index contributed by atoms with van der Waals surface area (Å²) in [6, 6.07) is 5.62. The van der Waals surface area contributed by atoms with E-state index in [-0.39, 0.29) is 30.9 Å². The molecule has 1 heterocycles. The molecule has 0 saturated carbocycles. The van der Waals surface area contributed by atoms with Crippen molar-refractivity contribution in [1.82, 2.24) is 10.2 Å². The quantitative estimate of drug-likeness (QED) is 0.898. The highest BCUT2D eigenvalue weighted by molar-refractivity contribution is 5.85. The molecule has 1 fully saturated rings. The summed E-state index contributed by atoms with van der Waals surface area (Å²) in [5.41, 5.74) is 0.936. The molecule has 1 saturated heterocycles. The molecule has 0 amide bonds. The zero-order valence-electron chi connectivity index (χ0n) is 11.3. The van der Waals surface area contributed by atoms with E-state index < -0.39 is 0 Å². The minimum atomic E-state index is 0. The summed E-state index contributed by atoms with van der Waals surface area (Å²) < 4.78 is 5.21. The van der Waals surface area contributed by atoms with Crippen molar-refractivity contribution >= 4 is 24.8 Å². The maximum absolute atomic E-state index is 9.93. The third kappa shape index (κ3) is 4.42. The van der Waals surface area contributed by atoms with Crippen molar-refractivity contribution in [3.63, 3.8) is 0 Å². The first kappa shape index (κ1) is 18.3. The Hall–Kier alpha value is -0.680. The first-order valence-electron chi connectivity index (χ1n) is 6.04. The number of methoxy groups -OCH3 is 1. The van der Waals surface area contributed by atoms with Crippen molar-refractivity contribution in [2.45, 2.75) is 13.0 Å². The zero-order valence-corrected chi connectivity index (χ0v) is 12.9. The monoisotopic (exact) mass is 308 g/mol. The first-order chi connectivity index (χ1) is 8.22.